The van der Waals surface area contributed by atoms with Gasteiger partial charge in [-0.25, -0.2) is 0 Å². The normalized spacial score (nSPS) is 14.1. The summed E-state index contributed by atoms with van der Waals surface area (Å²) >= 11 is 1.33. The predicted molar refractivity (Wildman–Crippen MR) is 130 cm³/mol. The van der Waals surface area contributed by atoms with Crippen LogP contribution in [0.5, 0.6) is 17.2 Å². The Morgan fingerprint density at radius 2 is 1.83 bits per heavy atom. The fourth-order valence-electron chi connectivity index (χ4n) is 4.17. The molecular weight excluding hydrogens is 474 g/mol. The van der Waals surface area contributed by atoms with E-state index in [1.165, 1.54) is 32.9 Å². The standard InChI is InChI=1S/C25H27NO8S/c1-13(27)26-17-7-5-14-11-19(34-22(31)10-9-21(29)30)24(32-2)25(33-3)23(14)15-6-8-20(35-4)18(28)12-16(15)17/h6,8,11-12,17H,5,7,9-10H2,1-4H3,(H,26,27)(H,29,30). The van der Waals surface area contributed by atoms with Crippen LogP contribution in [0, 0.1) is 0 Å². The molecule has 0 radical (unpaired) electrons. The van der Waals surface area contributed by atoms with Crippen LogP contribution in [0.1, 0.15) is 43.4 Å². The Balaban J connectivity index is 2.25. The Morgan fingerprint density at radius 3 is 2.43 bits per heavy atom. The van der Waals surface area contributed by atoms with Crippen LogP contribution >= 0.6 is 11.8 Å². The maximum atomic E-state index is 12.9. The number of esters is 1. The molecule has 35 heavy (non-hydrogen) atoms. The molecule has 0 aliphatic heterocycles. The summed E-state index contributed by atoms with van der Waals surface area (Å²) in [5, 5.41) is 11.8. The van der Waals surface area contributed by atoms with Gasteiger partial charge in [-0.2, -0.15) is 0 Å². The molecule has 0 aromatic heterocycles. The maximum Gasteiger partial charge on any atom is 0.311 e. The average molecular weight is 502 g/mol. The van der Waals surface area contributed by atoms with Crippen LogP contribution in [0.2, 0.25) is 0 Å². The lowest BCUT2D eigenvalue weighted by Crippen LogP contribution is -2.26. The van der Waals surface area contributed by atoms with Crippen LogP contribution in [0.3, 0.4) is 0 Å². The lowest BCUT2D eigenvalue weighted by molar-refractivity contribution is -0.142. The third-order valence-corrected chi connectivity index (χ3v) is 6.42. The van der Waals surface area contributed by atoms with Crippen molar-refractivity contribution < 1.29 is 33.7 Å². The van der Waals surface area contributed by atoms with E-state index >= 15 is 0 Å². The summed E-state index contributed by atoms with van der Waals surface area (Å²) in [6.45, 7) is 1.42. The Kier molecular flexibility index (Phi) is 8.39. The number of carbonyl (C=O) groups excluding carboxylic acids is 2. The highest BCUT2D eigenvalue weighted by Crippen LogP contribution is 2.50. The van der Waals surface area contributed by atoms with Crippen LogP contribution < -0.4 is 25.0 Å². The van der Waals surface area contributed by atoms with Crippen LogP contribution in [-0.4, -0.2) is 43.4 Å². The van der Waals surface area contributed by atoms with Gasteiger partial charge in [-0.05, 0) is 54.0 Å². The van der Waals surface area contributed by atoms with Gasteiger partial charge in [0.2, 0.25) is 11.7 Å². The van der Waals surface area contributed by atoms with Gasteiger partial charge < -0.3 is 24.6 Å². The molecular formula is C25H27NO8S. The summed E-state index contributed by atoms with van der Waals surface area (Å²) in [5.41, 5.74) is 2.61. The smallest absolute Gasteiger partial charge is 0.311 e. The molecule has 2 aromatic rings. The molecule has 10 heteroatoms. The van der Waals surface area contributed by atoms with Gasteiger partial charge in [0.25, 0.3) is 0 Å². The van der Waals surface area contributed by atoms with E-state index in [0.29, 0.717) is 40.2 Å². The Labute approximate surface area is 206 Å². The van der Waals surface area contributed by atoms with E-state index in [2.05, 4.69) is 5.32 Å². The zero-order valence-electron chi connectivity index (χ0n) is 19.9. The molecule has 9 nitrogen and oxygen atoms in total. The highest BCUT2D eigenvalue weighted by atomic mass is 32.2. The minimum absolute atomic E-state index is 0.104. The Bertz CT molecular complexity index is 1230. The number of hydrogen-bond acceptors (Lipinski definition) is 8. The molecule has 0 fully saturated rings. The minimum atomic E-state index is -1.11. The third kappa shape index (κ3) is 5.76. The van der Waals surface area contributed by atoms with Crippen molar-refractivity contribution in [2.45, 2.75) is 43.5 Å². The summed E-state index contributed by atoms with van der Waals surface area (Å²) in [6, 6.07) is 6.33. The lowest BCUT2D eigenvalue weighted by atomic mass is 9.95. The van der Waals surface area contributed by atoms with Crippen molar-refractivity contribution in [3.63, 3.8) is 0 Å². The summed E-state index contributed by atoms with van der Waals surface area (Å²) in [6.07, 6.45) is 2.11. The van der Waals surface area contributed by atoms with Crippen LogP contribution in [0.25, 0.3) is 11.1 Å². The largest absolute Gasteiger partial charge is 0.492 e. The van der Waals surface area contributed by atoms with Gasteiger partial charge in [0.15, 0.2) is 16.9 Å². The van der Waals surface area contributed by atoms with Gasteiger partial charge in [0.05, 0.1) is 38.0 Å². The number of carboxylic acid groups (broad SMARTS) is 1. The zero-order chi connectivity index (χ0) is 25.7. The number of thioether (sulfide) groups is 1. The number of benzene rings is 1. The molecule has 2 N–H and O–H groups in total. The number of carbonyl (C=O) groups is 3. The molecule has 0 heterocycles. The number of amides is 1. The molecule has 0 spiro atoms. The average Bonchev–Trinajstić information content (AvgIpc) is 3.05. The highest BCUT2D eigenvalue weighted by molar-refractivity contribution is 7.98. The van der Waals surface area contributed by atoms with Gasteiger partial charge in [-0.1, -0.05) is 6.07 Å². The first kappa shape index (κ1) is 26.1. The van der Waals surface area contributed by atoms with Crippen molar-refractivity contribution in [2.24, 2.45) is 0 Å². The maximum absolute atomic E-state index is 12.9. The number of ether oxygens (including phenoxy) is 3. The van der Waals surface area contributed by atoms with Crippen LogP contribution in [0.4, 0.5) is 0 Å². The fraction of sp³-hybridized carbons (Fsp3) is 0.360. The van der Waals surface area contributed by atoms with Gasteiger partial charge in [0.1, 0.15) is 0 Å². The second-order valence-corrected chi connectivity index (χ2v) is 8.76. The van der Waals surface area contributed by atoms with E-state index in [0.717, 1.165) is 5.56 Å². The topological polar surface area (TPSA) is 128 Å². The number of hydrogen-bond donors (Lipinski definition) is 2. The summed E-state index contributed by atoms with van der Waals surface area (Å²) in [7, 11) is 2.86. The molecule has 1 aliphatic rings. The fourth-order valence-corrected chi connectivity index (χ4v) is 4.63. The molecule has 1 atom stereocenters. The van der Waals surface area contributed by atoms with E-state index < -0.39 is 18.0 Å². The zero-order valence-corrected chi connectivity index (χ0v) is 20.7. The highest BCUT2D eigenvalue weighted by Gasteiger charge is 2.30. The first-order chi connectivity index (χ1) is 16.7. The molecule has 1 amide bonds. The van der Waals surface area contributed by atoms with Crippen LogP contribution in [-0.2, 0) is 20.8 Å². The van der Waals surface area contributed by atoms with E-state index in [1.807, 2.05) is 12.3 Å². The van der Waals surface area contributed by atoms with Crippen molar-refractivity contribution in [3.05, 3.63) is 45.6 Å². The van der Waals surface area contributed by atoms with Gasteiger partial charge in [-0.15, -0.1) is 11.8 Å². The second-order valence-electron chi connectivity index (χ2n) is 7.91. The third-order valence-electron chi connectivity index (χ3n) is 5.64. The molecule has 3 rings (SSSR count). The number of methoxy groups -OCH3 is 2. The molecule has 1 unspecified atom stereocenters. The number of fused-ring (bicyclic) bond motifs is 3. The van der Waals surface area contributed by atoms with Gasteiger partial charge in [-0.3, -0.25) is 19.2 Å². The number of aryl methyl sites for hydroxylation is 1. The van der Waals surface area contributed by atoms with Crippen molar-refractivity contribution in [1.29, 1.82) is 0 Å². The second kappa shape index (κ2) is 11.3. The van der Waals surface area contributed by atoms with Crippen molar-refractivity contribution in [1.82, 2.24) is 5.32 Å². The predicted octanol–water partition coefficient (Wildman–Crippen LogP) is 3.35. The molecule has 0 bridgehead atoms. The van der Waals surface area contributed by atoms with Gasteiger partial charge in [0, 0.05) is 12.5 Å². The van der Waals surface area contributed by atoms with E-state index in [1.54, 1.807) is 18.2 Å². The molecule has 0 saturated carbocycles. The summed E-state index contributed by atoms with van der Waals surface area (Å²) in [4.78, 5) is 48.5. The number of carboxylic acids is 1. The first-order valence-corrected chi connectivity index (χ1v) is 12.1. The number of nitrogens with one attached hydrogen (secondary N) is 1. The minimum Gasteiger partial charge on any atom is -0.492 e. The summed E-state index contributed by atoms with van der Waals surface area (Å²) < 4.78 is 16.7. The van der Waals surface area contributed by atoms with Gasteiger partial charge >= 0.3 is 11.9 Å². The first-order valence-electron chi connectivity index (χ1n) is 10.9. The van der Waals surface area contributed by atoms with Crippen molar-refractivity contribution >= 4 is 29.6 Å². The summed E-state index contributed by atoms with van der Waals surface area (Å²) in [5.74, 6) is -1.48. The van der Waals surface area contributed by atoms with Crippen molar-refractivity contribution in [2.75, 3.05) is 20.5 Å². The Morgan fingerprint density at radius 1 is 1.11 bits per heavy atom. The molecule has 186 valence electrons. The number of aliphatic carboxylic acids is 1. The Hall–Kier alpha value is -3.53. The van der Waals surface area contributed by atoms with Crippen LogP contribution in [0.15, 0.2) is 34.0 Å². The monoisotopic (exact) mass is 501 g/mol. The number of rotatable bonds is 8. The van der Waals surface area contributed by atoms with E-state index in [9.17, 15) is 19.2 Å². The molecule has 1 aliphatic carbocycles. The van der Waals surface area contributed by atoms with E-state index in [4.69, 9.17) is 19.3 Å². The quantitative estimate of drug-likeness (QED) is 0.318. The van der Waals surface area contributed by atoms with E-state index in [-0.39, 0.29) is 35.7 Å². The van der Waals surface area contributed by atoms with Crippen molar-refractivity contribution in [3.8, 4) is 28.4 Å². The molecule has 2 aromatic carbocycles. The molecule has 0 saturated heterocycles. The SMILES string of the molecule is COc1c(OC(=O)CCC(=O)O)cc2c(c1OC)-c1ccc(SC)c(=O)cc1C(NC(C)=O)CC2. The lowest BCUT2D eigenvalue weighted by Gasteiger charge is -2.20.